The van der Waals surface area contributed by atoms with Crippen LogP contribution in [0.5, 0.6) is 11.5 Å². The smallest absolute Gasteiger partial charge is 0.191 e. The third-order valence-corrected chi connectivity index (χ3v) is 4.91. The van der Waals surface area contributed by atoms with Crippen LogP contribution in [-0.2, 0) is 6.54 Å². The molecule has 2 rings (SSSR count). The summed E-state index contributed by atoms with van der Waals surface area (Å²) in [5.74, 6) is 1.42. The highest BCUT2D eigenvalue weighted by Gasteiger charge is 2.27. The van der Waals surface area contributed by atoms with E-state index in [1.165, 1.54) is 32.4 Å². The molecule has 1 saturated heterocycles. The fourth-order valence-electron chi connectivity index (χ4n) is 3.26. The van der Waals surface area contributed by atoms with Gasteiger partial charge < -0.3 is 20.5 Å². The van der Waals surface area contributed by atoms with E-state index in [2.05, 4.69) is 41.3 Å². The van der Waals surface area contributed by atoms with Crippen molar-refractivity contribution in [2.24, 2.45) is 4.99 Å². The molecule has 0 unspecified atom stereocenters. The Labute approximate surface area is 180 Å². The summed E-state index contributed by atoms with van der Waals surface area (Å²) in [6.07, 6.45) is 3.93. The summed E-state index contributed by atoms with van der Waals surface area (Å²) >= 11 is 0. The van der Waals surface area contributed by atoms with E-state index in [9.17, 15) is 5.11 Å². The number of nitrogens with zero attached hydrogens (tertiary/aromatic N) is 2. The molecule has 1 heterocycles. The first-order chi connectivity index (χ1) is 12.5. The average Bonchev–Trinajstić information content (AvgIpc) is 2.65. The summed E-state index contributed by atoms with van der Waals surface area (Å²) < 4.78 is 5.08. The number of phenolic OH excluding ortho intramolecular Hbond substituents is 1. The van der Waals surface area contributed by atoms with E-state index in [-0.39, 0.29) is 35.3 Å². The molecule has 0 spiro atoms. The molecule has 1 aromatic carbocycles. The second-order valence-corrected chi connectivity index (χ2v) is 7.42. The minimum atomic E-state index is 0. The maximum absolute atomic E-state index is 9.90. The zero-order valence-electron chi connectivity index (χ0n) is 17.0. The van der Waals surface area contributed by atoms with E-state index in [1.807, 2.05) is 6.07 Å². The second-order valence-electron chi connectivity index (χ2n) is 7.42. The number of ether oxygens (including phenoxy) is 1. The maximum atomic E-state index is 9.90. The second kappa shape index (κ2) is 11.6. The van der Waals surface area contributed by atoms with Crippen LogP contribution in [0.3, 0.4) is 0 Å². The molecule has 27 heavy (non-hydrogen) atoms. The quantitative estimate of drug-likeness (QED) is 0.311. The Balaban J connectivity index is 0.00000364. The number of hydrogen-bond donors (Lipinski definition) is 3. The molecule has 0 amide bonds. The molecule has 6 nitrogen and oxygen atoms in total. The fraction of sp³-hybridized carbons (Fsp3) is 0.650. The lowest BCUT2D eigenvalue weighted by molar-refractivity contribution is 0.0982. The first kappa shape index (κ1) is 23.8. The van der Waals surface area contributed by atoms with Crippen molar-refractivity contribution in [3.8, 4) is 11.5 Å². The molecule has 0 radical (unpaired) electrons. The topological polar surface area (TPSA) is 69.1 Å². The number of nitrogens with one attached hydrogen (secondary N) is 2. The number of rotatable bonds is 7. The molecule has 0 aromatic heterocycles. The monoisotopic (exact) mass is 490 g/mol. The van der Waals surface area contributed by atoms with E-state index >= 15 is 0 Å². The van der Waals surface area contributed by atoms with Gasteiger partial charge in [-0.2, -0.15) is 0 Å². The number of halogens is 1. The Bertz CT molecular complexity index is 602. The predicted octanol–water partition coefficient (Wildman–Crippen LogP) is 3.34. The molecule has 1 aliphatic heterocycles. The van der Waals surface area contributed by atoms with Crippen LogP contribution in [0.1, 0.15) is 45.6 Å². The highest BCUT2D eigenvalue weighted by atomic mass is 127. The van der Waals surface area contributed by atoms with Crippen LogP contribution < -0.4 is 15.4 Å². The number of guanidine groups is 1. The van der Waals surface area contributed by atoms with Gasteiger partial charge in [0.2, 0.25) is 0 Å². The van der Waals surface area contributed by atoms with E-state index in [1.54, 1.807) is 19.2 Å². The number of aliphatic imine (C=N–C) groups is 1. The van der Waals surface area contributed by atoms with Gasteiger partial charge in [-0.1, -0.05) is 12.5 Å². The van der Waals surface area contributed by atoms with Crippen LogP contribution >= 0.6 is 24.0 Å². The van der Waals surface area contributed by atoms with Gasteiger partial charge >= 0.3 is 0 Å². The van der Waals surface area contributed by atoms with Gasteiger partial charge in [-0.05, 0) is 64.4 Å². The van der Waals surface area contributed by atoms with Gasteiger partial charge in [0.1, 0.15) is 0 Å². The van der Waals surface area contributed by atoms with Crippen LogP contribution in [-0.4, -0.2) is 54.8 Å². The van der Waals surface area contributed by atoms with E-state index in [4.69, 9.17) is 4.74 Å². The fourth-order valence-corrected chi connectivity index (χ4v) is 3.26. The molecule has 1 fully saturated rings. The van der Waals surface area contributed by atoms with Crippen molar-refractivity contribution in [1.82, 2.24) is 15.5 Å². The van der Waals surface area contributed by atoms with Crippen molar-refractivity contribution in [2.45, 2.75) is 52.1 Å². The van der Waals surface area contributed by atoms with Gasteiger partial charge in [-0.3, -0.25) is 4.90 Å². The van der Waals surface area contributed by atoms with Gasteiger partial charge in [0.15, 0.2) is 17.5 Å². The molecule has 0 bridgehead atoms. The highest BCUT2D eigenvalue weighted by Crippen LogP contribution is 2.26. The molecule has 0 saturated carbocycles. The molecule has 1 aromatic rings. The Morgan fingerprint density at radius 3 is 2.52 bits per heavy atom. The van der Waals surface area contributed by atoms with Crippen LogP contribution in [0, 0.1) is 0 Å². The van der Waals surface area contributed by atoms with E-state index in [0.29, 0.717) is 12.3 Å². The minimum absolute atomic E-state index is 0. The molecule has 0 aliphatic carbocycles. The number of methoxy groups -OCH3 is 1. The van der Waals surface area contributed by atoms with E-state index in [0.717, 1.165) is 24.6 Å². The number of hydrogen-bond acceptors (Lipinski definition) is 4. The summed E-state index contributed by atoms with van der Waals surface area (Å²) in [6, 6.07) is 5.38. The summed E-state index contributed by atoms with van der Waals surface area (Å²) in [5.41, 5.74) is 1.03. The number of aromatic hydroxyl groups is 1. The summed E-state index contributed by atoms with van der Waals surface area (Å²) in [7, 11) is 1.55. The molecule has 1 aliphatic rings. The Morgan fingerprint density at radius 1 is 1.22 bits per heavy atom. The summed E-state index contributed by atoms with van der Waals surface area (Å²) in [5, 5.41) is 16.7. The van der Waals surface area contributed by atoms with Crippen molar-refractivity contribution < 1.29 is 9.84 Å². The van der Waals surface area contributed by atoms with Crippen LogP contribution in [0.15, 0.2) is 23.2 Å². The lowest BCUT2D eigenvalue weighted by Gasteiger charge is -2.41. The van der Waals surface area contributed by atoms with Gasteiger partial charge in [0.05, 0.1) is 13.7 Å². The van der Waals surface area contributed by atoms with Crippen molar-refractivity contribution in [3.05, 3.63) is 23.8 Å². The van der Waals surface area contributed by atoms with Crippen LogP contribution in [0.2, 0.25) is 0 Å². The maximum Gasteiger partial charge on any atom is 0.191 e. The first-order valence-electron chi connectivity index (χ1n) is 9.59. The molecule has 0 atom stereocenters. The lowest BCUT2D eigenvalue weighted by Crippen LogP contribution is -2.54. The predicted molar refractivity (Wildman–Crippen MR) is 122 cm³/mol. The van der Waals surface area contributed by atoms with Gasteiger partial charge in [-0.25, -0.2) is 4.99 Å². The summed E-state index contributed by atoms with van der Waals surface area (Å²) in [6.45, 7) is 11.1. The molecular formula is C20H35IN4O2. The van der Waals surface area contributed by atoms with Crippen molar-refractivity contribution in [2.75, 3.05) is 33.3 Å². The average molecular weight is 490 g/mol. The SMILES string of the molecule is CCNC(=NCc1ccc(OC)c(O)c1)NCC(C)(C)N1CCCCC1.I. The Hall–Kier alpha value is -1.22. The third-order valence-electron chi connectivity index (χ3n) is 4.91. The largest absolute Gasteiger partial charge is 0.504 e. The molecular weight excluding hydrogens is 455 g/mol. The minimum Gasteiger partial charge on any atom is -0.504 e. The standard InChI is InChI=1S/C20H34N4O2.HI/c1-5-21-19(22-14-16-9-10-18(26-4)17(25)13-16)23-15-20(2,3)24-11-7-6-8-12-24;/h9-10,13,25H,5-8,11-12,14-15H2,1-4H3,(H2,21,22,23);1H. The Morgan fingerprint density at radius 2 is 1.93 bits per heavy atom. The van der Waals surface area contributed by atoms with Gasteiger partial charge in [-0.15, -0.1) is 24.0 Å². The van der Waals surface area contributed by atoms with Gasteiger partial charge in [0, 0.05) is 18.6 Å². The Kier molecular flexibility index (Phi) is 10.2. The molecule has 7 heteroatoms. The van der Waals surface area contributed by atoms with Gasteiger partial charge in [0.25, 0.3) is 0 Å². The number of piperidine rings is 1. The first-order valence-corrected chi connectivity index (χ1v) is 9.59. The van der Waals surface area contributed by atoms with Crippen molar-refractivity contribution in [3.63, 3.8) is 0 Å². The summed E-state index contributed by atoms with van der Waals surface area (Å²) in [4.78, 5) is 7.22. The number of likely N-dealkylation sites (tertiary alicyclic amines) is 1. The van der Waals surface area contributed by atoms with Crippen LogP contribution in [0.4, 0.5) is 0 Å². The molecule has 3 N–H and O–H groups in total. The highest BCUT2D eigenvalue weighted by molar-refractivity contribution is 14.0. The van der Waals surface area contributed by atoms with Crippen molar-refractivity contribution in [1.29, 1.82) is 0 Å². The normalized spacial score (nSPS) is 15.8. The lowest BCUT2D eigenvalue weighted by atomic mass is 9.98. The molecule has 154 valence electrons. The van der Waals surface area contributed by atoms with E-state index < -0.39 is 0 Å². The zero-order chi connectivity index (χ0) is 19.0. The van der Waals surface area contributed by atoms with Crippen molar-refractivity contribution >= 4 is 29.9 Å². The third kappa shape index (κ3) is 7.37. The van der Waals surface area contributed by atoms with Crippen LogP contribution in [0.25, 0.3) is 0 Å². The number of phenols is 1. The zero-order valence-corrected chi connectivity index (χ0v) is 19.4. The number of benzene rings is 1.